The van der Waals surface area contributed by atoms with E-state index in [-0.39, 0.29) is 5.56 Å². The lowest BCUT2D eigenvalue weighted by Gasteiger charge is -2.16. The van der Waals surface area contributed by atoms with E-state index < -0.39 is 36.0 Å². The van der Waals surface area contributed by atoms with Gasteiger partial charge in [0, 0.05) is 18.6 Å². The molecule has 1 amide bonds. The molecule has 1 rings (SSSR count). The highest BCUT2D eigenvalue weighted by molar-refractivity contribution is 5.75. The predicted molar refractivity (Wildman–Crippen MR) is 55.2 cm³/mol. The van der Waals surface area contributed by atoms with Crippen molar-refractivity contribution in [3.63, 3.8) is 0 Å². The van der Waals surface area contributed by atoms with Crippen LogP contribution >= 0.6 is 0 Å². The summed E-state index contributed by atoms with van der Waals surface area (Å²) in [5.41, 5.74) is -0.0519. The summed E-state index contributed by atoms with van der Waals surface area (Å²) >= 11 is 0. The van der Waals surface area contributed by atoms with E-state index in [1.54, 1.807) is 0 Å². The average Bonchev–Trinajstić information content (AvgIpc) is 2.14. The van der Waals surface area contributed by atoms with Gasteiger partial charge in [0.05, 0.1) is 12.5 Å². The summed E-state index contributed by atoms with van der Waals surface area (Å²) in [5, 5.41) is 11.0. The summed E-state index contributed by atoms with van der Waals surface area (Å²) in [5.74, 6) is -3.32. The van der Waals surface area contributed by atoms with Crippen molar-refractivity contribution in [3.05, 3.63) is 35.4 Å². The van der Waals surface area contributed by atoms with Crippen molar-refractivity contribution < 1.29 is 23.5 Å². The molecule has 1 aromatic carbocycles. The molecule has 0 unspecified atom stereocenters. The lowest BCUT2D eigenvalue weighted by atomic mass is 10.0. The second-order valence-corrected chi connectivity index (χ2v) is 3.52. The van der Waals surface area contributed by atoms with Crippen molar-refractivity contribution in [3.8, 4) is 0 Å². The number of nitrogens with one attached hydrogen (secondary N) is 1. The van der Waals surface area contributed by atoms with E-state index in [1.807, 2.05) is 0 Å². The van der Waals surface area contributed by atoms with E-state index in [9.17, 15) is 18.4 Å². The molecule has 0 saturated heterocycles. The Bertz CT molecular complexity index is 432. The number of carboxylic acid groups (broad SMARTS) is 1. The van der Waals surface area contributed by atoms with Crippen molar-refractivity contribution in [1.82, 2.24) is 5.32 Å². The summed E-state index contributed by atoms with van der Waals surface area (Å²) < 4.78 is 26.1. The molecule has 2 N–H and O–H groups in total. The fourth-order valence-corrected chi connectivity index (χ4v) is 1.44. The SMILES string of the molecule is CC(=O)N[C@H](CC(=O)O)c1ccc(F)cc1F. The number of amides is 1. The second kappa shape index (κ2) is 5.38. The zero-order chi connectivity index (χ0) is 13.0. The van der Waals surface area contributed by atoms with Crippen LogP contribution in [0.4, 0.5) is 8.78 Å². The number of carbonyl (C=O) groups excluding carboxylic acids is 1. The molecule has 0 heterocycles. The summed E-state index contributed by atoms with van der Waals surface area (Å²) in [4.78, 5) is 21.5. The molecular weight excluding hydrogens is 232 g/mol. The summed E-state index contributed by atoms with van der Waals surface area (Å²) in [6.45, 7) is 1.19. The molecule has 1 aromatic rings. The Labute approximate surface area is 96.3 Å². The molecule has 17 heavy (non-hydrogen) atoms. The highest BCUT2D eigenvalue weighted by Crippen LogP contribution is 2.21. The maximum atomic E-state index is 13.4. The standard InChI is InChI=1S/C11H11F2NO3/c1-6(15)14-10(5-11(16)17)8-3-2-7(12)4-9(8)13/h2-4,10H,5H2,1H3,(H,14,15)(H,16,17)/t10-/m1/s1. The Hall–Kier alpha value is -1.98. The first-order valence-electron chi connectivity index (χ1n) is 4.84. The zero-order valence-electron chi connectivity index (χ0n) is 9.04. The lowest BCUT2D eigenvalue weighted by Crippen LogP contribution is -2.28. The van der Waals surface area contributed by atoms with Gasteiger partial charge in [-0.05, 0) is 6.07 Å². The van der Waals surface area contributed by atoms with Gasteiger partial charge in [0.2, 0.25) is 5.91 Å². The minimum atomic E-state index is -1.19. The maximum Gasteiger partial charge on any atom is 0.305 e. The van der Waals surface area contributed by atoms with E-state index >= 15 is 0 Å². The van der Waals surface area contributed by atoms with Gasteiger partial charge >= 0.3 is 5.97 Å². The molecule has 0 aliphatic carbocycles. The molecule has 92 valence electrons. The highest BCUT2D eigenvalue weighted by Gasteiger charge is 2.20. The first kappa shape index (κ1) is 13.1. The van der Waals surface area contributed by atoms with Crippen molar-refractivity contribution in [2.75, 3.05) is 0 Å². The van der Waals surface area contributed by atoms with Gasteiger partial charge in [0.25, 0.3) is 0 Å². The Kier molecular flexibility index (Phi) is 4.14. The maximum absolute atomic E-state index is 13.4. The Balaban J connectivity index is 3.02. The Morgan fingerprint density at radius 3 is 2.53 bits per heavy atom. The number of hydrogen-bond donors (Lipinski definition) is 2. The quantitative estimate of drug-likeness (QED) is 0.844. The predicted octanol–water partition coefficient (Wildman–Crippen LogP) is 1.62. The first-order valence-corrected chi connectivity index (χ1v) is 4.84. The number of carbonyl (C=O) groups is 2. The fraction of sp³-hybridized carbons (Fsp3) is 0.273. The number of rotatable bonds is 4. The van der Waals surface area contributed by atoms with E-state index in [1.165, 1.54) is 6.92 Å². The van der Waals surface area contributed by atoms with Crippen LogP contribution < -0.4 is 5.32 Å². The van der Waals surface area contributed by atoms with Crippen LogP contribution in [-0.2, 0) is 9.59 Å². The monoisotopic (exact) mass is 243 g/mol. The number of aliphatic carboxylic acids is 1. The molecule has 0 aromatic heterocycles. The van der Waals surface area contributed by atoms with Crippen molar-refractivity contribution in [1.29, 1.82) is 0 Å². The third-order valence-corrected chi connectivity index (χ3v) is 2.09. The van der Waals surface area contributed by atoms with E-state index in [0.29, 0.717) is 6.07 Å². The summed E-state index contributed by atoms with van der Waals surface area (Å²) in [6, 6.07) is 1.76. The van der Waals surface area contributed by atoms with Crippen LogP contribution in [0.25, 0.3) is 0 Å². The van der Waals surface area contributed by atoms with Gasteiger partial charge in [-0.3, -0.25) is 9.59 Å². The topological polar surface area (TPSA) is 66.4 Å². The van der Waals surface area contributed by atoms with Crippen molar-refractivity contribution >= 4 is 11.9 Å². The van der Waals surface area contributed by atoms with Gasteiger partial charge in [-0.1, -0.05) is 6.07 Å². The van der Waals surface area contributed by atoms with Crippen LogP contribution in [0.3, 0.4) is 0 Å². The average molecular weight is 243 g/mol. The molecule has 0 aliphatic heterocycles. The van der Waals surface area contributed by atoms with Crippen molar-refractivity contribution in [2.45, 2.75) is 19.4 Å². The minimum Gasteiger partial charge on any atom is -0.481 e. The van der Waals surface area contributed by atoms with Crippen LogP contribution in [0, 0.1) is 11.6 Å². The van der Waals surface area contributed by atoms with Gasteiger partial charge < -0.3 is 10.4 Å². The molecule has 4 nitrogen and oxygen atoms in total. The van der Waals surface area contributed by atoms with Crippen LogP contribution in [0.1, 0.15) is 24.9 Å². The zero-order valence-corrected chi connectivity index (χ0v) is 9.04. The number of carboxylic acids is 1. The first-order chi connectivity index (χ1) is 7.90. The molecular formula is C11H11F2NO3. The molecule has 0 fully saturated rings. The second-order valence-electron chi connectivity index (χ2n) is 3.52. The van der Waals surface area contributed by atoms with E-state index in [0.717, 1.165) is 12.1 Å². The molecule has 0 bridgehead atoms. The number of benzene rings is 1. The van der Waals surface area contributed by atoms with Gasteiger partial charge in [0.1, 0.15) is 11.6 Å². The largest absolute Gasteiger partial charge is 0.481 e. The molecule has 6 heteroatoms. The lowest BCUT2D eigenvalue weighted by molar-refractivity contribution is -0.137. The third kappa shape index (κ3) is 3.82. The third-order valence-electron chi connectivity index (χ3n) is 2.09. The van der Waals surface area contributed by atoms with Crippen LogP contribution in [0.15, 0.2) is 18.2 Å². The molecule has 0 aliphatic rings. The van der Waals surface area contributed by atoms with Gasteiger partial charge in [-0.15, -0.1) is 0 Å². The number of halogens is 2. The van der Waals surface area contributed by atoms with Gasteiger partial charge in [-0.2, -0.15) is 0 Å². The Morgan fingerprint density at radius 1 is 1.41 bits per heavy atom. The fourth-order valence-electron chi connectivity index (χ4n) is 1.44. The van der Waals surface area contributed by atoms with Crippen molar-refractivity contribution in [2.24, 2.45) is 0 Å². The van der Waals surface area contributed by atoms with Gasteiger partial charge in [-0.25, -0.2) is 8.78 Å². The molecule has 0 radical (unpaired) electrons. The highest BCUT2D eigenvalue weighted by atomic mass is 19.1. The summed E-state index contributed by atoms with van der Waals surface area (Å²) in [6.07, 6.45) is -0.470. The van der Waals surface area contributed by atoms with Crippen LogP contribution in [0.5, 0.6) is 0 Å². The van der Waals surface area contributed by atoms with Crippen LogP contribution in [-0.4, -0.2) is 17.0 Å². The smallest absolute Gasteiger partial charge is 0.305 e. The molecule has 0 spiro atoms. The molecule has 1 atom stereocenters. The normalized spacial score (nSPS) is 11.9. The molecule has 0 saturated carbocycles. The van der Waals surface area contributed by atoms with E-state index in [2.05, 4.69) is 5.32 Å². The van der Waals surface area contributed by atoms with E-state index in [4.69, 9.17) is 5.11 Å². The minimum absolute atomic E-state index is 0.0519. The summed E-state index contributed by atoms with van der Waals surface area (Å²) in [7, 11) is 0. The van der Waals surface area contributed by atoms with Crippen LogP contribution in [0.2, 0.25) is 0 Å². The number of hydrogen-bond acceptors (Lipinski definition) is 2. The van der Waals surface area contributed by atoms with Gasteiger partial charge in [0.15, 0.2) is 0 Å². The Morgan fingerprint density at radius 2 is 2.06 bits per heavy atom.